The van der Waals surface area contributed by atoms with E-state index in [1.165, 1.54) is 13.8 Å². The van der Waals surface area contributed by atoms with Gasteiger partial charge < -0.3 is 19.6 Å². The molecule has 0 aliphatic rings. The molecule has 4 aromatic carbocycles. The summed E-state index contributed by atoms with van der Waals surface area (Å²) in [5.74, 6) is -0.476. The first-order valence-corrected chi connectivity index (χ1v) is 14.7. The number of hydrogen-bond acceptors (Lipinski definition) is 7. The van der Waals surface area contributed by atoms with Gasteiger partial charge >= 0.3 is 5.97 Å². The van der Waals surface area contributed by atoms with Crippen molar-refractivity contribution in [2.45, 2.75) is 43.2 Å². The van der Waals surface area contributed by atoms with Crippen molar-refractivity contribution in [2.24, 2.45) is 0 Å². The number of ether oxygens (including phenoxy) is 1. The largest absolute Gasteiger partial charge is 0.478 e. The number of aliphatic carboxylic acids is 1. The number of sulfone groups is 1. The minimum atomic E-state index is -3.67. The van der Waals surface area contributed by atoms with E-state index in [0.29, 0.717) is 47.0 Å². The van der Waals surface area contributed by atoms with Crippen LogP contribution < -0.4 is 10.1 Å². The van der Waals surface area contributed by atoms with Gasteiger partial charge in [0.1, 0.15) is 11.3 Å². The van der Waals surface area contributed by atoms with Crippen molar-refractivity contribution in [1.82, 2.24) is 10.3 Å². The number of carboxylic acids is 1. The van der Waals surface area contributed by atoms with Crippen molar-refractivity contribution in [1.29, 1.82) is 0 Å². The molecule has 0 fully saturated rings. The zero-order valence-corrected chi connectivity index (χ0v) is 23.5. The van der Waals surface area contributed by atoms with Crippen LogP contribution in [0.5, 0.6) is 5.75 Å². The number of hydrogen-bond donors (Lipinski definition) is 2. The molecular weight excluding hydrogens is 540 g/mol. The van der Waals surface area contributed by atoms with E-state index in [2.05, 4.69) is 10.3 Å². The molecule has 5 rings (SSSR count). The summed E-state index contributed by atoms with van der Waals surface area (Å²) >= 11 is 0. The summed E-state index contributed by atoms with van der Waals surface area (Å²) in [4.78, 5) is 16.3. The van der Waals surface area contributed by atoms with Crippen LogP contribution >= 0.6 is 0 Å². The molecule has 0 radical (unpaired) electrons. The van der Waals surface area contributed by atoms with Crippen LogP contribution in [0.15, 0.2) is 106 Å². The quantitative estimate of drug-likeness (QED) is 0.199. The van der Waals surface area contributed by atoms with Crippen molar-refractivity contribution in [3.63, 3.8) is 0 Å². The molecule has 0 saturated heterocycles. The summed E-state index contributed by atoms with van der Waals surface area (Å²) in [7, 11) is -3.67. The van der Waals surface area contributed by atoms with Gasteiger partial charge in [-0.25, -0.2) is 18.2 Å². The maximum absolute atomic E-state index is 13.5. The van der Waals surface area contributed by atoms with Crippen LogP contribution in [0.25, 0.3) is 22.6 Å². The minimum absolute atomic E-state index is 0.226. The van der Waals surface area contributed by atoms with Crippen LogP contribution in [-0.4, -0.2) is 30.1 Å². The molecule has 210 valence electrons. The van der Waals surface area contributed by atoms with Crippen molar-refractivity contribution in [3.8, 4) is 17.2 Å². The van der Waals surface area contributed by atoms with E-state index < -0.39 is 21.4 Å². The Labute approximate surface area is 238 Å². The summed E-state index contributed by atoms with van der Waals surface area (Å²) < 4.78 is 38.6. The summed E-state index contributed by atoms with van der Waals surface area (Å²) in [6.45, 7) is 3.81. The number of carbonyl (C=O) groups is 1. The molecule has 1 aromatic heterocycles. The average molecular weight is 571 g/mol. The fourth-order valence-corrected chi connectivity index (χ4v) is 5.92. The highest BCUT2D eigenvalue weighted by Gasteiger charge is 2.29. The van der Waals surface area contributed by atoms with E-state index in [4.69, 9.17) is 9.15 Å². The van der Waals surface area contributed by atoms with E-state index >= 15 is 0 Å². The molecule has 0 saturated carbocycles. The highest BCUT2D eigenvalue weighted by atomic mass is 32.2. The van der Waals surface area contributed by atoms with Crippen molar-refractivity contribution >= 4 is 26.9 Å². The lowest BCUT2D eigenvalue weighted by molar-refractivity contribution is -0.152. The highest BCUT2D eigenvalue weighted by molar-refractivity contribution is 7.90. The number of oxazole rings is 1. The normalized spacial score (nSPS) is 12.0. The van der Waals surface area contributed by atoms with Crippen LogP contribution in [0, 0.1) is 0 Å². The van der Waals surface area contributed by atoms with Gasteiger partial charge in [0.2, 0.25) is 5.89 Å². The number of aromatic nitrogens is 1. The predicted molar refractivity (Wildman–Crippen MR) is 156 cm³/mol. The SMILES string of the molecule is CC(C)(Oc1cccc(CNCc2cccc(-c3nc4ccccc4o3)c2CS(=O)(=O)c2ccccc2)c1)C(=O)O. The number of fused-ring (bicyclic) bond motifs is 1. The number of carboxylic acid groups (broad SMARTS) is 1. The standard InChI is InChI=1S/C32H30N2O6S/c1-32(2,31(35)36)40-24-12-8-10-22(18-24)19-33-20-23-11-9-15-26(30-34-28-16-6-7-17-29(28)39-30)27(23)21-41(37,38)25-13-4-3-5-14-25/h3-18,33H,19-21H2,1-2H3,(H,35,36). The van der Waals surface area contributed by atoms with Gasteiger partial charge in [-0.3, -0.25) is 0 Å². The monoisotopic (exact) mass is 570 g/mol. The second-order valence-corrected chi connectivity index (χ2v) is 12.2. The Morgan fingerprint density at radius 1 is 0.927 bits per heavy atom. The fraction of sp³-hybridized carbons (Fsp3) is 0.188. The molecular formula is C32H30N2O6S. The topological polar surface area (TPSA) is 119 Å². The molecule has 41 heavy (non-hydrogen) atoms. The van der Waals surface area contributed by atoms with Gasteiger partial charge in [0.25, 0.3) is 0 Å². The first kappa shape index (κ1) is 28.1. The van der Waals surface area contributed by atoms with E-state index in [1.807, 2.05) is 48.5 Å². The molecule has 5 aromatic rings. The van der Waals surface area contributed by atoms with Crippen molar-refractivity contribution in [3.05, 3.63) is 114 Å². The Balaban J connectivity index is 1.43. The van der Waals surface area contributed by atoms with Gasteiger partial charge in [-0.15, -0.1) is 0 Å². The van der Waals surface area contributed by atoms with E-state index in [9.17, 15) is 18.3 Å². The molecule has 9 heteroatoms. The van der Waals surface area contributed by atoms with Gasteiger partial charge in [0.15, 0.2) is 21.0 Å². The molecule has 0 atom stereocenters. The second kappa shape index (κ2) is 11.6. The van der Waals surface area contributed by atoms with Gasteiger partial charge in [-0.2, -0.15) is 0 Å². The molecule has 0 unspecified atom stereocenters. The molecule has 0 aliphatic heterocycles. The molecule has 1 heterocycles. The summed E-state index contributed by atoms with van der Waals surface area (Å²) in [5.41, 5.74) is 2.85. The molecule has 2 N–H and O–H groups in total. The average Bonchev–Trinajstić information content (AvgIpc) is 3.38. The number of benzene rings is 4. The van der Waals surface area contributed by atoms with Gasteiger partial charge in [0, 0.05) is 18.7 Å². The molecule has 0 bridgehead atoms. The first-order chi connectivity index (χ1) is 19.6. The van der Waals surface area contributed by atoms with E-state index in [0.717, 1.165) is 11.1 Å². The minimum Gasteiger partial charge on any atom is -0.478 e. The number of nitrogens with one attached hydrogen (secondary N) is 1. The highest BCUT2D eigenvalue weighted by Crippen LogP contribution is 2.32. The summed E-state index contributed by atoms with van der Waals surface area (Å²) in [6, 6.07) is 28.6. The third-order valence-corrected chi connectivity index (χ3v) is 8.32. The first-order valence-electron chi connectivity index (χ1n) is 13.1. The predicted octanol–water partition coefficient (Wildman–Crippen LogP) is 6.00. The van der Waals surface area contributed by atoms with Crippen LogP contribution in [-0.2, 0) is 33.5 Å². The zero-order valence-electron chi connectivity index (χ0n) is 22.7. The van der Waals surface area contributed by atoms with Crippen LogP contribution in [0.3, 0.4) is 0 Å². The number of para-hydroxylation sites is 2. The van der Waals surface area contributed by atoms with Gasteiger partial charge in [-0.1, -0.05) is 54.6 Å². The lowest BCUT2D eigenvalue weighted by Gasteiger charge is -2.21. The lowest BCUT2D eigenvalue weighted by Crippen LogP contribution is -2.37. The Bertz CT molecular complexity index is 1760. The van der Waals surface area contributed by atoms with E-state index in [-0.39, 0.29) is 10.6 Å². The fourth-order valence-electron chi connectivity index (χ4n) is 4.46. The van der Waals surface area contributed by atoms with Crippen LogP contribution in [0.4, 0.5) is 0 Å². The Morgan fingerprint density at radius 3 is 2.41 bits per heavy atom. The second-order valence-electron chi connectivity index (χ2n) is 10.2. The van der Waals surface area contributed by atoms with Gasteiger partial charge in [-0.05, 0) is 73.0 Å². The maximum Gasteiger partial charge on any atom is 0.347 e. The summed E-state index contributed by atoms with van der Waals surface area (Å²) in [5, 5.41) is 12.8. The third-order valence-electron chi connectivity index (χ3n) is 6.67. The van der Waals surface area contributed by atoms with Crippen molar-refractivity contribution in [2.75, 3.05) is 0 Å². The number of rotatable bonds is 11. The molecule has 8 nitrogen and oxygen atoms in total. The maximum atomic E-state index is 13.5. The Kier molecular flexibility index (Phi) is 7.92. The molecule has 0 spiro atoms. The molecule has 0 amide bonds. The van der Waals surface area contributed by atoms with Gasteiger partial charge in [0.05, 0.1) is 10.6 Å². The van der Waals surface area contributed by atoms with Crippen LogP contribution in [0.1, 0.15) is 30.5 Å². The van der Waals surface area contributed by atoms with E-state index in [1.54, 1.807) is 48.5 Å². The number of nitrogens with zero attached hydrogens (tertiary/aromatic N) is 1. The smallest absolute Gasteiger partial charge is 0.347 e. The summed E-state index contributed by atoms with van der Waals surface area (Å²) in [6.07, 6.45) is 0. The Hall–Kier alpha value is -4.47. The lowest BCUT2D eigenvalue weighted by atomic mass is 10.0. The van der Waals surface area contributed by atoms with Crippen molar-refractivity contribution < 1.29 is 27.5 Å². The zero-order chi connectivity index (χ0) is 29.0. The molecule has 0 aliphatic carbocycles. The van der Waals surface area contributed by atoms with Crippen LogP contribution in [0.2, 0.25) is 0 Å². The Morgan fingerprint density at radius 2 is 1.66 bits per heavy atom. The third kappa shape index (κ3) is 6.48.